The Morgan fingerprint density at radius 3 is 1.90 bits per heavy atom. The number of aromatic nitrogens is 4. The van der Waals surface area contributed by atoms with E-state index in [1.807, 2.05) is 6.33 Å². The summed E-state index contributed by atoms with van der Waals surface area (Å²) in [7, 11) is 0. The molecule has 7 heteroatoms. The third-order valence-corrected chi connectivity index (χ3v) is 12.1. The number of hydrogen-bond acceptors (Lipinski definition) is 5. The van der Waals surface area contributed by atoms with Crippen molar-refractivity contribution < 1.29 is 4.74 Å². The molecular formula is C53H56N6O. The second kappa shape index (κ2) is 14.1. The third kappa shape index (κ3) is 6.90. The predicted molar refractivity (Wildman–Crippen MR) is 250 cm³/mol. The van der Waals surface area contributed by atoms with Crippen LogP contribution in [0.2, 0.25) is 0 Å². The fraction of sp³-hybridized carbons (Fsp3) is 0.283. The number of nitrogens with zero attached hydrogens (tertiary/aromatic N) is 6. The van der Waals surface area contributed by atoms with Gasteiger partial charge in [0.1, 0.15) is 24.5 Å². The molecule has 0 aliphatic carbocycles. The van der Waals surface area contributed by atoms with Gasteiger partial charge in [0.15, 0.2) is 0 Å². The summed E-state index contributed by atoms with van der Waals surface area (Å²) in [5.74, 6) is 2.27. The summed E-state index contributed by atoms with van der Waals surface area (Å²) in [6.45, 7) is 25.5. The van der Waals surface area contributed by atoms with Crippen LogP contribution < -0.4 is 14.5 Å². The van der Waals surface area contributed by atoms with E-state index in [9.17, 15) is 0 Å². The van der Waals surface area contributed by atoms with Gasteiger partial charge < -0.3 is 14.5 Å². The lowest BCUT2D eigenvalue weighted by Gasteiger charge is -2.27. The zero-order chi connectivity index (χ0) is 42.3. The smallest absolute Gasteiger partial charge is 0.240 e. The molecule has 0 unspecified atom stereocenters. The van der Waals surface area contributed by atoms with Crippen molar-refractivity contribution in [2.24, 2.45) is 0 Å². The lowest BCUT2D eigenvalue weighted by molar-refractivity contribution is 0.479. The second-order valence-corrected chi connectivity index (χ2v) is 19.6. The molecule has 0 bridgehead atoms. The zero-order valence-corrected chi connectivity index (χ0v) is 36.9. The van der Waals surface area contributed by atoms with Crippen LogP contribution in [0.3, 0.4) is 0 Å². The Bertz CT molecular complexity index is 2910. The van der Waals surface area contributed by atoms with E-state index in [1.54, 1.807) is 0 Å². The molecule has 1 aliphatic rings. The fourth-order valence-corrected chi connectivity index (χ4v) is 8.63. The van der Waals surface area contributed by atoms with Crippen LogP contribution in [0.15, 0.2) is 128 Å². The van der Waals surface area contributed by atoms with Crippen LogP contribution in [0.4, 0.5) is 22.7 Å². The Labute approximate surface area is 354 Å². The lowest BCUT2D eigenvalue weighted by Crippen LogP contribution is -2.25. The zero-order valence-electron chi connectivity index (χ0n) is 36.9. The van der Waals surface area contributed by atoms with E-state index in [1.165, 1.54) is 33.8 Å². The largest absolute Gasteiger partial charge is 0.457 e. The molecule has 1 aliphatic heterocycles. The molecule has 0 fully saturated rings. The van der Waals surface area contributed by atoms with Gasteiger partial charge in [-0.15, -0.1) is 10.2 Å². The summed E-state index contributed by atoms with van der Waals surface area (Å²) >= 11 is 0. The maximum atomic E-state index is 6.98. The molecule has 0 atom stereocenters. The van der Waals surface area contributed by atoms with Gasteiger partial charge in [-0.2, -0.15) is 0 Å². The minimum absolute atomic E-state index is 0.00507. The van der Waals surface area contributed by atoms with E-state index < -0.39 is 0 Å². The highest BCUT2D eigenvalue weighted by molar-refractivity contribution is 6.09. The second-order valence-electron chi connectivity index (χ2n) is 19.6. The number of ether oxygens (including phenoxy) is 1. The van der Waals surface area contributed by atoms with Gasteiger partial charge in [-0.1, -0.05) is 117 Å². The molecule has 0 radical (unpaired) electrons. The van der Waals surface area contributed by atoms with Crippen LogP contribution in [-0.4, -0.2) is 26.0 Å². The normalized spacial score (nSPS) is 13.4. The molecule has 7 nitrogen and oxygen atoms in total. The maximum absolute atomic E-state index is 6.98. The number of aryl methyl sites for hydroxylation is 2. The summed E-state index contributed by atoms with van der Waals surface area (Å²) in [4.78, 5) is 4.91. The summed E-state index contributed by atoms with van der Waals surface area (Å²) in [5, 5.41) is 11.5. The fourth-order valence-electron chi connectivity index (χ4n) is 8.63. The number of rotatable bonds is 6. The van der Waals surface area contributed by atoms with Gasteiger partial charge in [0.25, 0.3) is 0 Å². The Balaban J connectivity index is 1.16. The molecule has 0 spiro atoms. The van der Waals surface area contributed by atoms with Gasteiger partial charge in [0, 0.05) is 34.3 Å². The van der Waals surface area contributed by atoms with Crippen molar-refractivity contribution in [2.45, 2.75) is 92.4 Å². The van der Waals surface area contributed by atoms with Gasteiger partial charge in [-0.05, 0) is 113 Å². The van der Waals surface area contributed by atoms with Crippen LogP contribution >= 0.6 is 0 Å². The molecular weight excluding hydrogens is 737 g/mol. The van der Waals surface area contributed by atoms with Crippen LogP contribution in [0, 0.1) is 13.8 Å². The number of anilines is 4. The molecule has 60 heavy (non-hydrogen) atoms. The van der Waals surface area contributed by atoms with Crippen molar-refractivity contribution in [3.63, 3.8) is 0 Å². The first kappa shape index (κ1) is 39.1. The van der Waals surface area contributed by atoms with Gasteiger partial charge >= 0.3 is 0 Å². The van der Waals surface area contributed by atoms with Crippen molar-refractivity contribution in [2.75, 3.05) is 16.5 Å². The number of fused-ring (bicyclic) bond motifs is 4. The average molecular weight is 793 g/mol. The first-order chi connectivity index (χ1) is 28.5. The molecule has 6 aromatic carbocycles. The Morgan fingerprint density at radius 2 is 1.17 bits per heavy atom. The first-order valence-electron chi connectivity index (χ1n) is 21.1. The van der Waals surface area contributed by atoms with E-state index in [4.69, 9.17) is 9.84 Å². The lowest BCUT2D eigenvalue weighted by atomic mass is 9.86. The molecule has 304 valence electrons. The van der Waals surface area contributed by atoms with Crippen LogP contribution in [0.25, 0.3) is 33.4 Å². The van der Waals surface area contributed by atoms with Crippen molar-refractivity contribution in [1.29, 1.82) is 0 Å². The minimum Gasteiger partial charge on any atom is -0.457 e. The molecule has 3 heterocycles. The van der Waals surface area contributed by atoms with Gasteiger partial charge in [0.2, 0.25) is 5.95 Å². The SMILES string of the molecule is Cc1cccc(C)c1-n1cnnc1-n1c2ccccc2c2ccc(Oc3cc(N4CN(c5cccc(C(C)(C)C)c5)c5ccc(C(C)(C)C)cc54)cc(C(C)(C)C)c3)cc21. The van der Waals surface area contributed by atoms with E-state index in [0.29, 0.717) is 6.67 Å². The highest BCUT2D eigenvalue weighted by Crippen LogP contribution is 2.48. The van der Waals surface area contributed by atoms with E-state index >= 15 is 0 Å². The summed E-state index contributed by atoms with van der Waals surface area (Å²) in [6, 6.07) is 44.0. The monoisotopic (exact) mass is 792 g/mol. The third-order valence-electron chi connectivity index (χ3n) is 12.1. The topological polar surface area (TPSA) is 51.4 Å². The van der Waals surface area contributed by atoms with Gasteiger partial charge in [-0.25, -0.2) is 0 Å². The van der Waals surface area contributed by atoms with Crippen LogP contribution in [-0.2, 0) is 16.2 Å². The van der Waals surface area contributed by atoms with E-state index in [2.05, 4.69) is 222 Å². The van der Waals surface area contributed by atoms with Gasteiger partial charge in [-0.3, -0.25) is 9.13 Å². The molecule has 8 aromatic rings. The molecule has 0 N–H and O–H groups in total. The first-order valence-corrected chi connectivity index (χ1v) is 21.1. The quantitative estimate of drug-likeness (QED) is 0.168. The number of hydrogen-bond donors (Lipinski definition) is 0. The van der Waals surface area contributed by atoms with Gasteiger partial charge in [0.05, 0.1) is 28.1 Å². The Morgan fingerprint density at radius 1 is 0.517 bits per heavy atom. The van der Waals surface area contributed by atoms with Crippen molar-refractivity contribution in [3.8, 4) is 23.1 Å². The molecule has 2 aromatic heterocycles. The number of benzene rings is 6. The highest BCUT2D eigenvalue weighted by atomic mass is 16.5. The standard InChI is InChI=1S/C53H56N6O/c1-34-16-14-17-35(2)49(34)56-32-54-55-50(56)59-45-21-13-12-20-43(45)44-24-23-41(31-47(44)59)60-42-28-38(53(9,10)11)27-40(30-42)58-33-57(39-19-15-18-36(26-39)51(3,4)5)46-25-22-37(29-48(46)58)52(6,7)8/h12-32H,33H2,1-11H3. The molecule has 0 saturated carbocycles. The molecule has 9 rings (SSSR count). The molecule has 0 amide bonds. The summed E-state index contributed by atoms with van der Waals surface area (Å²) in [6.07, 6.45) is 1.81. The van der Waals surface area contributed by atoms with Crippen LogP contribution in [0.1, 0.15) is 90.1 Å². The van der Waals surface area contributed by atoms with E-state index in [-0.39, 0.29) is 16.2 Å². The average Bonchev–Trinajstić information content (AvgIpc) is 3.91. The molecule has 0 saturated heterocycles. The minimum atomic E-state index is -0.126. The van der Waals surface area contributed by atoms with E-state index in [0.717, 1.165) is 61.8 Å². The van der Waals surface area contributed by atoms with Crippen molar-refractivity contribution in [1.82, 2.24) is 19.3 Å². The summed E-state index contributed by atoms with van der Waals surface area (Å²) in [5.41, 5.74) is 13.9. The number of para-hydroxylation sites is 2. The Kier molecular flexibility index (Phi) is 9.23. The van der Waals surface area contributed by atoms with Crippen molar-refractivity contribution in [3.05, 3.63) is 155 Å². The summed E-state index contributed by atoms with van der Waals surface area (Å²) < 4.78 is 11.3. The van der Waals surface area contributed by atoms with Crippen LogP contribution in [0.5, 0.6) is 11.5 Å². The predicted octanol–water partition coefficient (Wildman–Crippen LogP) is 13.9. The Hall–Kier alpha value is -6.34. The van der Waals surface area contributed by atoms with Crippen molar-refractivity contribution >= 4 is 44.6 Å². The maximum Gasteiger partial charge on any atom is 0.240 e. The highest BCUT2D eigenvalue weighted by Gasteiger charge is 2.32.